The third-order valence-corrected chi connectivity index (χ3v) is 4.37. The quantitative estimate of drug-likeness (QED) is 0.860. The lowest BCUT2D eigenvalue weighted by atomic mass is 9.99. The number of nitrogen functional groups attached to an aromatic ring is 1. The molecule has 1 aliphatic heterocycles. The molecule has 0 aliphatic carbocycles. The van der Waals surface area contributed by atoms with E-state index in [1.807, 2.05) is 47.4 Å². The number of rotatable bonds is 4. The molecule has 0 saturated heterocycles. The van der Waals surface area contributed by atoms with Gasteiger partial charge in [0.25, 0.3) is 0 Å². The SMILES string of the molecule is COc1ccc(CCC(=O)N2CCCc3c(N)cccc32)cc1.Cl. The van der Waals surface area contributed by atoms with E-state index in [2.05, 4.69) is 0 Å². The van der Waals surface area contributed by atoms with E-state index >= 15 is 0 Å². The van der Waals surface area contributed by atoms with Crippen LogP contribution in [0.1, 0.15) is 24.0 Å². The second-order valence-electron chi connectivity index (χ2n) is 5.84. The number of nitrogens with zero attached hydrogens (tertiary/aromatic N) is 1. The Morgan fingerprint density at radius 1 is 1.21 bits per heavy atom. The van der Waals surface area contributed by atoms with Gasteiger partial charge in [-0.15, -0.1) is 12.4 Å². The summed E-state index contributed by atoms with van der Waals surface area (Å²) in [5, 5.41) is 0. The second kappa shape index (κ2) is 8.06. The number of aryl methyl sites for hydroxylation is 1. The zero-order valence-corrected chi connectivity index (χ0v) is 14.6. The number of halogens is 1. The van der Waals surface area contributed by atoms with Gasteiger partial charge >= 0.3 is 0 Å². The molecule has 24 heavy (non-hydrogen) atoms. The Labute approximate surface area is 149 Å². The molecule has 1 amide bonds. The van der Waals surface area contributed by atoms with Crippen molar-refractivity contribution in [3.8, 4) is 5.75 Å². The number of fused-ring (bicyclic) bond motifs is 1. The third-order valence-electron chi connectivity index (χ3n) is 4.37. The molecule has 0 radical (unpaired) electrons. The molecule has 0 bridgehead atoms. The van der Waals surface area contributed by atoms with Crippen LogP contribution in [-0.2, 0) is 17.6 Å². The molecule has 0 aromatic heterocycles. The van der Waals surface area contributed by atoms with Gasteiger partial charge in [-0.1, -0.05) is 18.2 Å². The first-order valence-electron chi connectivity index (χ1n) is 7.99. The molecular formula is C19H23ClN2O2. The van der Waals surface area contributed by atoms with E-state index in [-0.39, 0.29) is 18.3 Å². The molecule has 5 heteroatoms. The number of nitrogens with two attached hydrogens (primary N) is 1. The number of methoxy groups -OCH3 is 1. The number of benzene rings is 2. The molecule has 0 saturated carbocycles. The predicted octanol–water partition coefficient (Wildman–Crippen LogP) is 3.61. The van der Waals surface area contributed by atoms with Gasteiger partial charge < -0.3 is 15.4 Å². The third kappa shape index (κ3) is 3.82. The summed E-state index contributed by atoms with van der Waals surface area (Å²) in [6.07, 6.45) is 3.15. The average molecular weight is 347 g/mol. The Balaban J connectivity index is 0.00000208. The van der Waals surface area contributed by atoms with E-state index < -0.39 is 0 Å². The fourth-order valence-corrected chi connectivity index (χ4v) is 3.09. The van der Waals surface area contributed by atoms with Crippen LogP contribution in [0.5, 0.6) is 5.75 Å². The Bertz CT molecular complexity index is 701. The van der Waals surface area contributed by atoms with E-state index in [0.717, 1.165) is 54.1 Å². The molecule has 2 N–H and O–H groups in total. The number of amides is 1. The van der Waals surface area contributed by atoms with Crippen molar-refractivity contribution >= 4 is 29.7 Å². The van der Waals surface area contributed by atoms with Crippen molar-refractivity contribution in [2.75, 3.05) is 24.3 Å². The molecule has 0 atom stereocenters. The van der Waals surface area contributed by atoms with Crippen molar-refractivity contribution in [1.29, 1.82) is 0 Å². The second-order valence-corrected chi connectivity index (χ2v) is 5.84. The van der Waals surface area contributed by atoms with Crippen molar-refractivity contribution in [1.82, 2.24) is 0 Å². The summed E-state index contributed by atoms with van der Waals surface area (Å²) in [6, 6.07) is 13.7. The molecule has 2 aromatic carbocycles. The summed E-state index contributed by atoms with van der Waals surface area (Å²) < 4.78 is 5.15. The first-order chi connectivity index (χ1) is 11.2. The summed E-state index contributed by atoms with van der Waals surface area (Å²) in [7, 11) is 1.65. The minimum Gasteiger partial charge on any atom is -0.497 e. The van der Waals surface area contributed by atoms with E-state index in [1.54, 1.807) is 7.11 Å². The Hall–Kier alpha value is -2.20. The smallest absolute Gasteiger partial charge is 0.227 e. The highest BCUT2D eigenvalue weighted by Crippen LogP contribution is 2.31. The van der Waals surface area contributed by atoms with Crippen molar-refractivity contribution in [3.63, 3.8) is 0 Å². The van der Waals surface area contributed by atoms with Gasteiger partial charge in [0.1, 0.15) is 5.75 Å². The molecule has 1 heterocycles. The van der Waals surface area contributed by atoms with Gasteiger partial charge in [0.05, 0.1) is 7.11 Å². The zero-order valence-electron chi connectivity index (χ0n) is 13.8. The number of ether oxygens (including phenoxy) is 1. The first-order valence-corrected chi connectivity index (χ1v) is 7.99. The highest BCUT2D eigenvalue weighted by molar-refractivity contribution is 5.95. The number of hydrogen-bond acceptors (Lipinski definition) is 3. The van der Waals surface area contributed by atoms with E-state index in [9.17, 15) is 4.79 Å². The number of carbonyl (C=O) groups is 1. The van der Waals surface area contributed by atoms with Crippen LogP contribution >= 0.6 is 12.4 Å². The van der Waals surface area contributed by atoms with Crippen LogP contribution in [0.25, 0.3) is 0 Å². The minimum absolute atomic E-state index is 0. The van der Waals surface area contributed by atoms with Crippen LogP contribution in [0.2, 0.25) is 0 Å². The van der Waals surface area contributed by atoms with Gasteiger partial charge in [-0.25, -0.2) is 0 Å². The van der Waals surface area contributed by atoms with Crippen LogP contribution in [-0.4, -0.2) is 19.6 Å². The molecule has 0 unspecified atom stereocenters. The van der Waals surface area contributed by atoms with Crippen LogP contribution in [0.15, 0.2) is 42.5 Å². The number of carbonyl (C=O) groups excluding carboxylic acids is 1. The molecule has 128 valence electrons. The van der Waals surface area contributed by atoms with Crippen molar-refractivity contribution < 1.29 is 9.53 Å². The summed E-state index contributed by atoms with van der Waals surface area (Å²) in [4.78, 5) is 14.5. The topological polar surface area (TPSA) is 55.6 Å². The molecule has 1 aliphatic rings. The van der Waals surface area contributed by atoms with Gasteiger partial charge in [0.2, 0.25) is 5.91 Å². The maximum atomic E-state index is 12.6. The maximum Gasteiger partial charge on any atom is 0.227 e. The first kappa shape index (κ1) is 18.1. The van der Waals surface area contributed by atoms with E-state index in [0.29, 0.717) is 6.42 Å². The summed E-state index contributed by atoms with van der Waals surface area (Å²) in [5.41, 5.74) is 10.1. The van der Waals surface area contributed by atoms with Crippen molar-refractivity contribution in [2.24, 2.45) is 0 Å². The lowest BCUT2D eigenvalue weighted by Crippen LogP contribution is -2.35. The lowest BCUT2D eigenvalue weighted by Gasteiger charge is -2.30. The average Bonchev–Trinajstić information content (AvgIpc) is 2.60. The highest BCUT2D eigenvalue weighted by Gasteiger charge is 2.23. The molecule has 3 rings (SSSR count). The predicted molar refractivity (Wildman–Crippen MR) is 100 cm³/mol. The monoisotopic (exact) mass is 346 g/mol. The Kier molecular flexibility index (Phi) is 6.10. The summed E-state index contributed by atoms with van der Waals surface area (Å²) in [5.74, 6) is 0.993. The zero-order chi connectivity index (χ0) is 16.2. The molecule has 0 spiro atoms. The lowest BCUT2D eigenvalue weighted by molar-refractivity contribution is -0.118. The molecule has 0 fully saturated rings. The highest BCUT2D eigenvalue weighted by atomic mass is 35.5. The summed E-state index contributed by atoms with van der Waals surface area (Å²) >= 11 is 0. The van der Waals surface area contributed by atoms with Crippen LogP contribution in [0.4, 0.5) is 11.4 Å². The normalized spacial score (nSPS) is 13.0. The number of anilines is 2. The van der Waals surface area contributed by atoms with Crippen LogP contribution < -0.4 is 15.4 Å². The molecule has 4 nitrogen and oxygen atoms in total. The van der Waals surface area contributed by atoms with Crippen LogP contribution in [0, 0.1) is 0 Å². The molecule has 2 aromatic rings. The Morgan fingerprint density at radius 3 is 2.67 bits per heavy atom. The van der Waals surface area contributed by atoms with Gasteiger partial charge in [0.15, 0.2) is 0 Å². The Morgan fingerprint density at radius 2 is 1.96 bits per heavy atom. The van der Waals surface area contributed by atoms with Gasteiger partial charge in [-0.2, -0.15) is 0 Å². The fraction of sp³-hybridized carbons (Fsp3) is 0.316. The largest absolute Gasteiger partial charge is 0.497 e. The van der Waals surface area contributed by atoms with E-state index in [1.165, 1.54) is 0 Å². The number of hydrogen-bond donors (Lipinski definition) is 1. The van der Waals surface area contributed by atoms with Crippen LogP contribution in [0.3, 0.4) is 0 Å². The van der Waals surface area contributed by atoms with Gasteiger partial charge in [0, 0.05) is 24.3 Å². The summed E-state index contributed by atoms with van der Waals surface area (Å²) in [6.45, 7) is 0.776. The standard InChI is InChI=1S/C19H22N2O2.ClH/c1-23-15-10-7-14(8-11-15)9-12-19(22)21-13-3-4-16-17(20)5-2-6-18(16)21;/h2,5-8,10-11H,3-4,9,12-13,20H2,1H3;1H. The van der Waals surface area contributed by atoms with Gasteiger partial charge in [-0.05, 0) is 54.7 Å². The minimum atomic E-state index is 0. The van der Waals surface area contributed by atoms with Crippen molar-refractivity contribution in [3.05, 3.63) is 53.6 Å². The molecular weight excluding hydrogens is 324 g/mol. The van der Waals surface area contributed by atoms with E-state index in [4.69, 9.17) is 10.5 Å². The fourth-order valence-electron chi connectivity index (χ4n) is 3.09. The van der Waals surface area contributed by atoms with Crippen molar-refractivity contribution in [2.45, 2.75) is 25.7 Å². The maximum absolute atomic E-state index is 12.6. The van der Waals surface area contributed by atoms with Gasteiger partial charge in [-0.3, -0.25) is 4.79 Å².